The van der Waals surface area contributed by atoms with E-state index in [1.165, 1.54) is 7.11 Å². The maximum absolute atomic E-state index is 12.4. The zero-order valence-electron chi connectivity index (χ0n) is 18.5. The van der Waals surface area contributed by atoms with Crippen LogP contribution in [0.2, 0.25) is 0 Å². The molecule has 0 spiro atoms. The maximum Gasteiger partial charge on any atom is 0.314 e. The van der Waals surface area contributed by atoms with Crippen LogP contribution in [0, 0.1) is 17.3 Å². The van der Waals surface area contributed by atoms with Crippen LogP contribution in [-0.4, -0.2) is 80.9 Å². The highest BCUT2D eigenvalue weighted by Crippen LogP contribution is 2.39. The van der Waals surface area contributed by atoms with Gasteiger partial charge in [-0.15, -0.1) is 6.58 Å². The molecular formula is C21H38O8. The highest BCUT2D eigenvalue weighted by molar-refractivity contribution is 5.79. The van der Waals surface area contributed by atoms with Gasteiger partial charge in [-0.3, -0.25) is 4.79 Å². The fourth-order valence-electron chi connectivity index (χ4n) is 3.42. The van der Waals surface area contributed by atoms with Crippen molar-refractivity contribution < 1.29 is 38.7 Å². The molecular weight excluding hydrogens is 380 g/mol. The molecule has 170 valence electrons. The van der Waals surface area contributed by atoms with Crippen molar-refractivity contribution in [3.63, 3.8) is 0 Å². The Hall–Kier alpha value is -1.03. The van der Waals surface area contributed by atoms with E-state index in [1.54, 1.807) is 34.0 Å². The van der Waals surface area contributed by atoms with Crippen LogP contribution < -0.4 is 0 Å². The van der Waals surface area contributed by atoms with Crippen LogP contribution in [0.1, 0.15) is 34.1 Å². The molecule has 1 fully saturated rings. The van der Waals surface area contributed by atoms with Crippen LogP contribution in [0.25, 0.3) is 0 Å². The Balaban J connectivity index is 2.82. The lowest BCUT2D eigenvalue weighted by Crippen LogP contribution is -2.46. The number of methoxy groups -OCH3 is 2. The summed E-state index contributed by atoms with van der Waals surface area (Å²) in [5, 5.41) is 21.0. The van der Waals surface area contributed by atoms with E-state index in [1.807, 2.05) is 6.92 Å². The fourth-order valence-corrected chi connectivity index (χ4v) is 3.42. The predicted molar refractivity (Wildman–Crippen MR) is 107 cm³/mol. The van der Waals surface area contributed by atoms with Gasteiger partial charge in [0.25, 0.3) is 0 Å². The van der Waals surface area contributed by atoms with Crippen molar-refractivity contribution in [3.8, 4) is 0 Å². The number of esters is 1. The lowest BCUT2D eigenvalue weighted by molar-refractivity contribution is -0.159. The van der Waals surface area contributed by atoms with E-state index in [9.17, 15) is 15.0 Å². The molecule has 0 unspecified atom stereocenters. The third-order valence-corrected chi connectivity index (χ3v) is 5.74. The molecule has 29 heavy (non-hydrogen) atoms. The van der Waals surface area contributed by atoms with Crippen molar-refractivity contribution in [3.05, 3.63) is 12.7 Å². The molecule has 1 aliphatic heterocycles. The molecule has 1 saturated heterocycles. The molecule has 2 N–H and O–H groups in total. The highest BCUT2D eigenvalue weighted by Gasteiger charge is 2.55. The molecule has 0 saturated carbocycles. The third kappa shape index (κ3) is 6.73. The Morgan fingerprint density at radius 3 is 2.45 bits per heavy atom. The average Bonchev–Trinajstić information content (AvgIpc) is 2.92. The minimum atomic E-state index is -0.889. The van der Waals surface area contributed by atoms with Crippen molar-refractivity contribution in [1.29, 1.82) is 0 Å². The van der Waals surface area contributed by atoms with E-state index >= 15 is 0 Å². The summed E-state index contributed by atoms with van der Waals surface area (Å²) in [7, 11) is 3.07. The maximum atomic E-state index is 12.4. The standard InChI is InChI=1S/C21H38O8/c1-8-13(2)17(23)14(3)15(22)11-16(26-7)18-19(21(4,5)20(24)29-18)28-12-27-10-9-25-6/h8,13-19,22-23H,1,9-12H2,2-7H3/t13-,14+,15+,16+,17-,18-,19+/m1/s1. The molecule has 0 aliphatic carbocycles. The number of aliphatic hydroxyl groups excluding tert-OH is 2. The number of rotatable bonds is 14. The van der Waals surface area contributed by atoms with E-state index < -0.39 is 47.8 Å². The summed E-state index contributed by atoms with van der Waals surface area (Å²) in [6.45, 7) is 11.6. The van der Waals surface area contributed by atoms with Gasteiger partial charge in [0.15, 0.2) is 6.10 Å². The largest absolute Gasteiger partial charge is 0.456 e. The first-order valence-corrected chi connectivity index (χ1v) is 10.0. The van der Waals surface area contributed by atoms with Crippen LogP contribution in [0.4, 0.5) is 0 Å². The van der Waals surface area contributed by atoms with Gasteiger partial charge in [-0.2, -0.15) is 0 Å². The lowest BCUT2D eigenvalue weighted by Gasteiger charge is -2.33. The number of ether oxygens (including phenoxy) is 5. The topological polar surface area (TPSA) is 104 Å². The minimum Gasteiger partial charge on any atom is -0.456 e. The number of hydrogen-bond acceptors (Lipinski definition) is 8. The summed E-state index contributed by atoms with van der Waals surface area (Å²) in [6.07, 6.45) is -1.70. The average molecular weight is 419 g/mol. The Bertz CT molecular complexity index is 509. The number of hydrogen-bond donors (Lipinski definition) is 2. The molecule has 0 aromatic heterocycles. The Morgan fingerprint density at radius 1 is 1.24 bits per heavy atom. The first-order chi connectivity index (χ1) is 13.6. The Labute approximate surface area is 174 Å². The summed E-state index contributed by atoms with van der Waals surface area (Å²) in [6, 6.07) is 0. The van der Waals surface area contributed by atoms with Crippen LogP contribution >= 0.6 is 0 Å². The molecule has 0 radical (unpaired) electrons. The van der Waals surface area contributed by atoms with Gasteiger partial charge in [-0.05, 0) is 13.8 Å². The molecule has 1 aliphatic rings. The molecule has 7 atom stereocenters. The molecule has 0 amide bonds. The van der Waals surface area contributed by atoms with Crippen LogP contribution in [0.15, 0.2) is 12.7 Å². The SMILES string of the molecule is C=C[C@@H](C)[C@@H](O)[C@@H](C)[C@@H](O)C[C@H](OC)[C@H]1OC(=O)C(C)(C)[C@H]1OCOCCOC. The minimum absolute atomic E-state index is 0.0183. The predicted octanol–water partition coefficient (Wildman–Crippen LogP) is 1.53. The van der Waals surface area contributed by atoms with E-state index in [2.05, 4.69) is 6.58 Å². The number of carbonyl (C=O) groups excluding carboxylic acids is 1. The second kappa shape index (κ2) is 12.0. The van der Waals surface area contributed by atoms with Gasteiger partial charge in [-0.25, -0.2) is 0 Å². The van der Waals surface area contributed by atoms with E-state index in [0.717, 1.165) is 0 Å². The van der Waals surface area contributed by atoms with Gasteiger partial charge in [-0.1, -0.05) is 19.9 Å². The second-order valence-electron chi connectivity index (χ2n) is 8.22. The smallest absolute Gasteiger partial charge is 0.314 e. The van der Waals surface area contributed by atoms with Crippen molar-refractivity contribution in [2.75, 3.05) is 34.2 Å². The lowest BCUT2D eigenvalue weighted by atomic mass is 9.82. The highest BCUT2D eigenvalue weighted by atomic mass is 16.7. The normalized spacial score (nSPS) is 26.4. The van der Waals surface area contributed by atoms with Gasteiger partial charge >= 0.3 is 5.97 Å². The van der Waals surface area contributed by atoms with E-state index in [-0.39, 0.29) is 19.1 Å². The summed E-state index contributed by atoms with van der Waals surface area (Å²) in [5.41, 5.74) is -0.889. The molecule has 0 bridgehead atoms. The van der Waals surface area contributed by atoms with Crippen LogP contribution in [0.3, 0.4) is 0 Å². The summed E-state index contributed by atoms with van der Waals surface area (Å²) >= 11 is 0. The van der Waals surface area contributed by atoms with E-state index in [0.29, 0.717) is 13.2 Å². The first-order valence-electron chi connectivity index (χ1n) is 10.0. The molecule has 1 rings (SSSR count). The summed E-state index contributed by atoms with van der Waals surface area (Å²) in [5.74, 6) is -0.971. The van der Waals surface area contributed by atoms with Gasteiger partial charge < -0.3 is 33.9 Å². The van der Waals surface area contributed by atoms with Crippen LogP contribution in [0.5, 0.6) is 0 Å². The monoisotopic (exact) mass is 418 g/mol. The molecule has 8 nitrogen and oxygen atoms in total. The number of carbonyl (C=O) groups is 1. The van der Waals surface area contributed by atoms with Gasteiger partial charge in [0, 0.05) is 32.5 Å². The van der Waals surface area contributed by atoms with Crippen molar-refractivity contribution in [2.24, 2.45) is 17.3 Å². The summed E-state index contributed by atoms with van der Waals surface area (Å²) in [4.78, 5) is 12.4. The molecule has 0 aromatic carbocycles. The molecule has 0 aromatic rings. The van der Waals surface area contributed by atoms with Crippen molar-refractivity contribution in [1.82, 2.24) is 0 Å². The molecule has 1 heterocycles. The van der Waals surface area contributed by atoms with Gasteiger partial charge in [0.05, 0.1) is 36.9 Å². The first kappa shape index (κ1) is 26.0. The van der Waals surface area contributed by atoms with Gasteiger partial charge in [0.2, 0.25) is 0 Å². The van der Waals surface area contributed by atoms with Crippen LogP contribution in [-0.2, 0) is 28.5 Å². The Kier molecular flexibility index (Phi) is 10.7. The summed E-state index contributed by atoms with van der Waals surface area (Å²) < 4.78 is 27.3. The van der Waals surface area contributed by atoms with Crippen molar-refractivity contribution in [2.45, 2.75) is 64.6 Å². The van der Waals surface area contributed by atoms with Gasteiger partial charge in [0.1, 0.15) is 12.9 Å². The van der Waals surface area contributed by atoms with E-state index in [4.69, 9.17) is 23.7 Å². The number of cyclic esters (lactones) is 1. The second-order valence-corrected chi connectivity index (χ2v) is 8.22. The zero-order chi connectivity index (χ0) is 22.2. The third-order valence-electron chi connectivity index (χ3n) is 5.74. The quantitative estimate of drug-likeness (QED) is 0.189. The fraction of sp³-hybridized carbons (Fsp3) is 0.857. The Morgan fingerprint density at radius 2 is 1.90 bits per heavy atom. The number of aliphatic hydroxyl groups is 2. The zero-order valence-corrected chi connectivity index (χ0v) is 18.5. The molecule has 8 heteroatoms. The van der Waals surface area contributed by atoms with Crippen molar-refractivity contribution >= 4 is 5.97 Å².